The Morgan fingerprint density at radius 1 is 1.26 bits per heavy atom. The monoisotopic (exact) mass is 280 g/mol. The van der Waals surface area contributed by atoms with Crippen molar-refractivity contribution >= 4 is 18.3 Å². The minimum Gasteiger partial charge on any atom is -0.352 e. The fraction of sp³-hybridized carbons (Fsp3) is 0.533. The van der Waals surface area contributed by atoms with Gasteiger partial charge in [-0.25, -0.2) is 0 Å². The first kappa shape index (κ1) is 14.4. The molecule has 2 N–H and O–H groups in total. The first-order valence-corrected chi connectivity index (χ1v) is 6.88. The fourth-order valence-electron chi connectivity index (χ4n) is 2.48. The smallest absolute Gasteiger partial charge is 0.225 e. The lowest BCUT2D eigenvalue weighted by atomic mass is 9.98. The lowest BCUT2D eigenvalue weighted by molar-refractivity contribution is -0.127. The van der Waals surface area contributed by atoms with E-state index < -0.39 is 0 Å². The Balaban J connectivity index is 0.00000133. The molecule has 2 aliphatic rings. The van der Waals surface area contributed by atoms with Crippen molar-refractivity contribution in [3.63, 3.8) is 0 Å². The molecule has 19 heavy (non-hydrogen) atoms. The van der Waals surface area contributed by atoms with Crippen LogP contribution < -0.4 is 10.6 Å². The third-order valence-electron chi connectivity index (χ3n) is 3.97. The SMILES string of the molecule is Cl.O=C(NC(Cc1ccccc1)C1CC1)C1CNC1. The van der Waals surface area contributed by atoms with Gasteiger partial charge in [0.1, 0.15) is 0 Å². The van der Waals surface area contributed by atoms with Gasteiger partial charge in [0.25, 0.3) is 0 Å². The Morgan fingerprint density at radius 3 is 2.47 bits per heavy atom. The molecule has 1 unspecified atom stereocenters. The Hall–Kier alpha value is -1.06. The Labute approximate surface area is 120 Å². The van der Waals surface area contributed by atoms with Crippen molar-refractivity contribution in [2.75, 3.05) is 13.1 Å². The zero-order valence-corrected chi connectivity index (χ0v) is 11.8. The summed E-state index contributed by atoms with van der Waals surface area (Å²) < 4.78 is 0. The minimum atomic E-state index is 0. The minimum absolute atomic E-state index is 0. The van der Waals surface area contributed by atoms with E-state index in [1.165, 1.54) is 18.4 Å². The van der Waals surface area contributed by atoms with Gasteiger partial charge in [0, 0.05) is 19.1 Å². The van der Waals surface area contributed by atoms with Gasteiger partial charge in [0.2, 0.25) is 5.91 Å². The van der Waals surface area contributed by atoms with E-state index in [1.54, 1.807) is 0 Å². The van der Waals surface area contributed by atoms with Gasteiger partial charge in [-0.15, -0.1) is 12.4 Å². The number of rotatable bonds is 5. The molecule has 1 amide bonds. The number of carbonyl (C=O) groups excluding carboxylic acids is 1. The van der Waals surface area contributed by atoms with Crippen molar-refractivity contribution in [2.45, 2.75) is 25.3 Å². The highest BCUT2D eigenvalue weighted by atomic mass is 35.5. The molecule has 0 spiro atoms. The van der Waals surface area contributed by atoms with E-state index in [0.29, 0.717) is 12.0 Å². The summed E-state index contributed by atoms with van der Waals surface area (Å²) in [5, 5.41) is 6.40. The average Bonchev–Trinajstić information content (AvgIpc) is 3.11. The number of carbonyl (C=O) groups is 1. The van der Waals surface area contributed by atoms with Crippen LogP contribution in [-0.2, 0) is 11.2 Å². The standard InChI is InChI=1S/C15H20N2O.ClH/c18-15(13-9-16-10-13)17-14(12-6-7-12)8-11-4-2-1-3-5-11;/h1-5,12-14,16H,6-10H2,(H,17,18);1H. The largest absolute Gasteiger partial charge is 0.352 e. The molecule has 104 valence electrons. The Kier molecular flexibility index (Phi) is 4.83. The molecule has 3 rings (SSSR count). The number of hydrogen-bond donors (Lipinski definition) is 2. The number of benzene rings is 1. The van der Waals surface area contributed by atoms with E-state index in [-0.39, 0.29) is 24.2 Å². The zero-order chi connectivity index (χ0) is 12.4. The molecule has 4 heteroatoms. The molecule has 1 aromatic rings. The molecule has 1 heterocycles. The van der Waals surface area contributed by atoms with Crippen molar-refractivity contribution in [3.8, 4) is 0 Å². The summed E-state index contributed by atoms with van der Waals surface area (Å²) in [6, 6.07) is 10.8. The second kappa shape index (κ2) is 6.40. The molecule has 3 nitrogen and oxygen atoms in total. The van der Waals surface area contributed by atoms with Gasteiger partial charge >= 0.3 is 0 Å². The van der Waals surface area contributed by atoms with Gasteiger partial charge in [0.15, 0.2) is 0 Å². The Bertz CT molecular complexity index is 415. The highest BCUT2D eigenvalue weighted by Crippen LogP contribution is 2.34. The zero-order valence-electron chi connectivity index (χ0n) is 11.0. The van der Waals surface area contributed by atoms with Crippen molar-refractivity contribution in [1.82, 2.24) is 10.6 Å². The second-order valence-corrected chi connectivity index (χ2v) is 5.50. The first-order valence-electron chi connectivity index (χ1n) is 6.88. The summed E-state index contributed by atoms with van der Waals surface area (Å²) >= 11 is 0. The van der Waals surface area contributed by atoms with Gasteiger partial charge < -0.3 is 10.6 Å². The predicted molar refractivity (Wildman–Crippen MR) is 78.4 cm³/mol. The highest BCUT2D eigenvalue weighted by Gasteiger charge is 2.34. The van der Waals surface area contributed by atoms with Gasteiger partial charge in [-0.3, -0.25) is 4.79 Å². The van der Waals surface area contributed by atoms with Crippen molar-refractivity contribution < 1.29 is 4.79 Å². The molecule has 0 bridgehead atoms. The molecule has 1 aromatic carbocycles. The Morgan fingerprint density at radius 2 is 1.95 bits per heavy atom. The predicted octanol–water partition coefficient (Wildman–Crippen LogP) is 1.77. The van der Waals surface area contributed by atoms with Crippen LogP contribution in [0, 0.1) is 11.8 Å². The van der Waals surface area contributed by atoms with E-state index in [1.807, 2.05) is 6.07 Å². The van der Waals surface area contributed by atoms with Crippen LogP contribution in [0.3, 0.4) is 0 Å². The van der Waals surface area contributed by atoms with Crippen molar-refractivity contribution in [1.29, 1.82) is 0 Å². The maximum atomic E-state index is 12.0. The van der Waals surface area contributed by atoms with Gasteiger partial charge in [-0.05, 0) is 30.7 Å². The normalized spacial score (nSPS) is 20.0. The third kappa shape index (κ3) is 3.71. The molecule has 1 atom stereocenters. The van der Waals surface area contributed by atoms with Crippen LogP contribution in [0.5, 0.6) is 0 Å². The maximum Gasteiger partial charge on any atom is 0.225 e. The highest BCUT2D eigenvalue weighted by molar-refractivity contribution is 5.85. The molecule has 2 fully saturated rings. The van der Waals surface area contributed by atoms with Crippen LogP contribution in [0.15, 0.2) is 30.3 Å². The maximum absolute atomic E-state index is 12.0. The van der Waals surface area contributed by atoms with Gasteiger partial charge in [-0.2, -0.15) is 0 Å². The molecule has 1 aliphatic heterocycles. The lowest BCUT2D eigenvalue weighted by Gasteiger charge is -2.28. The second-order valence-electron chi connectivity index (χ2n) is 5.50. The molecule has 0 radical (unpaired) electrons. The van der Waals surface area contributed by atoms with Crippen LogP contribution in [0.25, 0.3) is 0 Å². The molecule has 1 aliphatic carbocycles. The van der Waals surface area contributed by atoms with E-state index in [0.717, 1.165) is 19.5 Å². The summed E-state index contributed by atoms with van der Waals surface area (Å²) in [5.74, 6) is 1.13. The summed E-state index contributed by atoms with van der Waals surface area (Å²) in [7, 11) is 0. The summed E-state index contributed by atoms with van der Waals surface area (Å²) in [5.41, 5.74) is 1.32. The average molecular weight is 281 g/mol. The van der Waals surface area contributed by atoms with E-state index >= 15 is 0 Å². The fourth-order valence-corrected chi connectivity index (χ4v) is 2.48. The van der Waals surface area contributed by atoms with E-state index in [2.05, 4.69) is 34.9 Å². The molecular formula is C15H21ClN2O. The van der Waals surface area contributed by atoms with Gasteiger partial charge in [0.05, 0.1) is 5.92 Å². The molecule has 0 aromatic heterocycles. The van der Waals surface area contributed by atoms with Crippen LogP contribution in [0.4, 0.5) is 0 Å². The van der Waals surface area contributed by atoms with Crippen molar-refractivity contribution in [2.24, 2.45) is 11.8 Å². The van der Waals surface area contributed by atoms with Gasteiger partial charge in [-0.1, -0.05) is 30.3 Å². The van der Waals surface area contributed by atoms with Crippen LogP contribution >= 0.6 is 12.4 Å². The lowest BCUT2D eigenvalue weighted by Crippen LogP contribution is -2.53. The summed E-state index contributed by atoms with van der Waals surface area (Å²) in [6.45, 7) is 1.68. The number of amides is 1. The molecule has 1 saturated heterocycles. The quantitative estimate of drug-likeness (QED) is 0.863. The van der Waals surface area contributed by atoms with Crippen molar-refractivity contribution in [3.05, 3.63) is 35.9 Å². The topological polar surface area (TPSA) is 41.1 Å². The van der Waals surface area contributed by atoms with E-state index in [9.17, 15) is 4.79 Å². The summed E-state index contributed by atoms with van der Waals surface area (Å²) in [4.78, 5) is 12.0. The van der Waals surface area contributed by atoms with Crippen LogP contribution in [-0.4, -0.2) is 25.0 Å². The number of nitrogens with one attached hydrogen (secondary N) is 2. The third-order valence-corrected chi connectivity index (χ3v) is 3.97. The van der Waals surface area contributed by atoms with Crippen LogP contribution in [0.2, 0.25) is 0 Å². The number of hydrogen-bond acceptors (Lipinski definition) is 2. The molecular weight excluding hydrogens is 260 g/mol. The first-order chi connectivity index (χ1) is 8.83. The van der Waals surface area contributed by atoms with E-state index in [4.69, 9.17) is 0 Å². The molecule has 1 saturated carbocycles. The van der Waals surface area contributed by atoms with Crippen LogP contribution in [0.1, 0.15) is 18.4 Å². The number of halogens is 1. The summed E-state index contributed by atoms with van der Waals surface area (Å²) in [6.07, 6.45) is 3.50.